The first kappa shape index (κ1) is 26.1. The number of unbranched alkanes of at least 4 members (excludes halogenated alkanes) is 14. The van der Waals surface area contributed by atoms with Crippen LogP contribution in [0.15, 0.2) is 0 Å². The third-order valence-electron chi connectivity index (χ3n) is 5.35. The number of aliphatic carboxylic acids is 1. The van der Waals surface area contributed by atoms with Gasteiger partial charge in [-0.3, -0.25) is 9.59 Å². The minimum Gasteiger partial charge on any atom is -0.480 e. The maximum atomic E-state index is 11.8. The molecule has 0 bridgehead atoms. The molecule has 0 saturated heterocycles. The molecule has 0 spiro atoms. The Morgan fingerprint density at radius 2 is 1.04 bits per heavy atom. The Kier molecular flexibility index (Phi) is 19.2. The average molecular weight is 384 g/mol. The van der Waals surface area contributed by atoms with E-state index in [1.54, 1.807) is 0 Å². The van der Waals surface area contributed by atoms with Crippen LogP contribution in [0.5, 0.6) is 0 Å². The highest BCUT2D eigenvalue weighted by atomic mass is 16.4. The van der Waals surface area contributed by atoms with Gasteiger partial charge in [0.25, 0.3) is 0 Å². The summed E-state index contributed by atoms with van der Waals surface area (Å²) in [5.74, 6) is -0.575. The molecule has 0 radical (unpaired) electrons. The van der Waals surface area contributed by atoms with E-state index >= 15 is 0 Å². The summed E-state index contributed by atoms with van der Waals surface area (Å²) in [4.78, 5) is 22.4. The Hall–Kier alpha value is -0.900. The minimum atomic E-state index is -0.937. The third kappa shape index (κ3) is 19.7. The molecule has 27 heavy (non-hydrogen) atoms. The second-order valence-electron chi connectivity index (χ2n) is 8.08. The van der Waals surface area contributed by atoms with E-state index in [1.165, 1.54) is 77.0 Å². The molecule has 0 rings (SSSR count). The Morgan fingerprint density at radius 3 is 1.44 bits per heavy atom. The van der Waals surface area contributed by atoms with Crippen LogP contribution in [0.4, 0.5) is 0 Å². The van der Waals surface area contributed by atoms with Crippen LogP contribution in [-0.2, 0) is 9.59 Å². The van der Waals surface area contributed by atoms with Crippen LogP contribution in [0.3, 0.4) is 0 Å². The van der Waals surface area contributed by atoms with Crippen molar-refractivity contribution in [2.24, 2.45) is 5.73 Å². The molecule has 0 aromatic rings. The van der Waals surface area contributed by atoms with Gasteiger partial charge in [-0.2, -0.15) is 0 Å². The van der Waals surface area contributed by atoms with Crippen LogP contribution in [0.2, 0.25) is 0 Å². The summed E-state index contributed by atoms with van der Waals surface area (Å²) in [5.41, 5.74) is 5.45. The lowest BCUT2D eigenvalue weighted by molar-refractivity contribution is -0.138. The first-order valence-electron chi connectivity index (χ1n) is 11.6. The normalized spacial score (nSPS) is 12.2. The molecule has 0 heterocycles. The number of carbonyl (C=O) groups is 2. The SMILES string of the molecule is CCCCCCCCCCCCCCCC(=O)CCCCCC(N)C(=O)O. The van der Waals surface area contributed by atoms with E-state index in [0.717, 1.165) is 25.7 Å². The van der Waals surface area contributed by atoms with E-state index in [-0.39, 0.29) is 0 Å². The highest BCUT2D eigenvalue weighted by Gasteiger charge is 2.10. The molecular weight excluding hydrogens is 338 g/mol. The van der Waals surface area contributed by atoms with Gasteiger partial charge in [0.2, 0.25) is 0 Å². The zero-order chi connectivity index (χ0) is 20.2. The Labute approximate surface area is 167 Å². The van der Waals surface area contributed by atoms with Gasteiger partial charge in [0, 0.05) is 12.8 Å². The number of carboxylic acids is 1. The van der Waals surface area contributed by atoms with Gasteiger partial charge < -0.3 is 10.8 Å². The largest absolute Gasteiger partial charge is 0.480 e. The number of hydrogen-bond acceptors (Lipinski definition) is 3. The maximum Gasteiger partial charge on any atom is 0.320 e. The molecule has 0 aliphatic rings. The molecule has 0 fully saturated rings. The van der Waals surface area contributed by atoms with Gasteiger partial charge in [-0.25, -0.2) is 0 Å². The summed E-state index contributed by atoms with van der Waals surface area (Å²) in [6, 6.07) is -0.758. The van der Waals surface area contributed by atoms with Gasteiger partial charge >= 0.3 is 5.97 Å². The fourth-order valence-corrected chi connectivity index (χ4v) is 3.45. The third-order valence-corrected chi connectivity index (χ3v) is 5.35. The summed E-state index contributed by atoms with van der Waals surface area (Å²) in [5, 5.41) is 8.70. The summed E-state index contributed by atoms with van der Waals surface area (Å²) >= 11 is 0. The van der Waals surface area contributed by atoms with E-state index in [9.17, 15) is 9.59 Å². The monoisotopic (exact) mass is 383 g/mol. The lowest BCUT2D eigenvalue weighted by Crippen LogP contribution is -2.29. The molecule has 0 saturated carbocycles. The molecule has 4 heteroatoms. The van der Waals surface area contributed by atoms with Crippen molar-refractivity contribution in [3.63, 3.8) is 0 Å². The maximum absolute atomic E-state index is 11.8. The molecule has 1 atom stereocenters. The van der Waals surface area contributed by atoms with E-state index in [2.05, 4.69) is 6.92 Å². The zero-order valence-corrected chi connectivity index (χ0v) is 17.9. The fourth-order valence-electron chi connectivity index (χ4n) is 3.45. The average Bonchev–Trinajstić information content (AvgIpc) is 2.64. The first-order valence-corrected chi connectivity index (χ1v) is 11.6. The summed E-state index contributed by atoms with van der Waals surface area (Å²) in [6.45, 7) is 2.26. The molecule has 0 aliphatic heterocycles. The summed E-state index contributed by atoms with van der Waals surface area (Å²) in [6.07, 6.45) is 21.7. The molecule has 4 nitrogen and oxygen atoms in total. The van der Waals surface area contributed by atoms with Crippen molar-refractivity contribution in [3.8, 4) is 0 Å². The zero-order valence-electron chi connectivity index (χ0n) is 17.9. The van der Waals surface area contributed by atoms with Crippen molar-refractivity contribution >= 4 is 11.8 Å². The van der Waals surface area contributed by atoms with Crippen LogP contribution < -0.4 is 5.73 Å². The van der Waals surface area contributed by atoms with Crippen LogP contribution in [0, 0.1) is 0 Å². The van der Waals surface area contributed by atoms with Gasteiger partial charge in [-0.15, -0.1) is 0 Å². The smallest absolute Gasteiger partial charge is 0.320 e. The van der Waals surface area contributed by atoms with Crippen LogP contribution in [0.25, 0.3) is 0 Å². The van der Waals surface area contributed by atoms with Crippen molar-refractivity contribution in [3.05, 3.63) is 0 Å². The van der Waals surface area contributed by atoms with Gasteiger partial charge in [0.05, 0.1) is 0 Å². The Balaban J connectivity index is 3.22. The highest BCUT2D eigenvalue weighted by Crippen LogP contribution is 2.14. The van der Waals surface area contributed by atoms with E-state index < -0.39 is 12.0 Å². The van der Waals surface area contributed by atoms with Gasteiger partial charge in [0.15, 0.2) is 0 Å². The van der Waals surface area contributed by atoms with Crippen molar-refractivity contribution in [2.45, 2.75) is 135 Å². The van der Waals surface area contributed by atoms with Gasteiger partial charge in [0.1, 0.15) is 11.8 Å². The fraction of sp³-hybridized carbons (Fsp3) is 0.913. The van der Waals surface area contributed by atoms with E-state index in [1.807, 2.05) is 0 Å². The molecule has 0 aromatic carbocycles. The summed E-state index contributed by atoms with van der Waals surface area (Å²) in [7, 11) is 0. The quantitative estimate of drug-likeness (QED) is 0.225. The predicted molar refractivity (Wildman–Crippen MR) is 114 cm³/mol. The van der Waals surface area contributed by atoms with Crippen molar-refractivity contribution in [1.82, 2.24) is 0 Å². The highest BCUT2D eigenvalue weighted by molar-refractivity contribution is 5.78. The van der Waals surface area contributed by atoms with Gasteiger partial charge in [-0.05, 0) is 19.3 Å². The topological polar surface area (TPSA) is 80.4 Å². The Morgan fingerprint density at radius 1 is 0.667 bits per heavy atom. The molecular formula is C23H45NO3. The second-order valence-corrected chi connectivity index (χ2v) is 8.08. The number of carbonyl (C=O) groups excluding carboxylic acids is 1. The standard InChI is InChI=1S/C23H45NO3/c1-2-3-4-5-6-7-8-9-10-11-12-13-15-18-21(25)19-16-14-17-20-22(24)23(26)27/h22H,2-20,24H2,1H3,(H,26,27). The molecule has 0 aromatic heterocycles. The number of ketones is 1. The van der Waals surface area contributed by atoms with Crippen LogP contribution >= 0.6 is 0 Å². The van der Waals surface area contributed by atoms with Crippen LogP contribution in [-0.4, -0.2) is 22.9 Å². The molecule has 3 N–H and O–H groups in total. The lowest BCUT2D eigenvalue weighted by Gasteiger charge is -2.06. The predicted octanol–water partition coefficient (Wildman–Crippen LogP) is 6.40. The van der Waals surface area contributed by atoms with Gasteiger partial charge in [-0.1, -0.05) is 96.8 Å². The van der Waals surface area contributed by atoms with Crippen molar-refractivity contribution in [2.75, 3.05) is 0 Å². The van der Waals surface area contributed by atoms with Crippen molar-refractivity contribution in [1.29, 1.82) is 0 Å². The lowest BCUT2D eigenvalue weighted by atomic mass is 10.0. The Bertz CT molecular complexity index is 358. The number of carboxylic acid groups (broad SMARTS) is 1. The molecule has 0 aliphatic carbocycles. The second kappa shape index (κ2) is 19.9. The van der Waals surface area contributed by atoms with E-state index in [0.29, 0.717) is 25.0 Å². The molecule has 0 amide bonds. The first-order chi connectivity index (χ1) is 13.1. The van der Waals surface area contributed by atoms with Crippen LogP contribution in [0.1, 0.15) is 129 Å². The number of hydrogen-bond donors (Lipinski definition) is 2. The number of rotatable bonds is 21. The minimum absolute atomic E-state index is 0.362. The summed E-state index contributed by atoms with van der Waals surface area (Å²) < 4.78 is 0. The molecule has 160 valence electrons. The molecule has 1 unspecified atom stereocenters. The van der Waals surface area contributed by atoms with E-state index in [4.69, 9.17) is 10.8 Å². The van der Waals surface area contributed by atoms with Crippen molar-refractivity contribution < 1.29 is 14.7 Å². The number of nitrogens with two attached hydrogens (primary N) is 1. The number of Topliss-reactive ketones (excluding diaryl/α,β-unsaturated/α-hetero) is 1.